The molecule has 0 aliphatic rings. The summed E-state index contributed by atoms with van der Waals surface area (Å²) in [5, 5.41) is 6.44. The topological polar surface area (TPSA) is 71.1 Å². The van der Waals surface area contributed by atoms with E-state index in [2.05, 4.69) is 34.7 Å². The zero-order chi connectivity index (χ0) is 23.3. The van der Waals surface area contributed by atoms with Crippen molar-refractivity contribution < 1.29 is 9.59 Å². The second kappa shape index (κ2) is 10.3. The highest BCUT2D eigenvalue weighted by Gasteiger charge is 2.16. The van der Waals surface area contributed by atoms with E-state index >= 15 is 0 Å². The van der Waals surface area contributed by atoms with Crippen molar-refractivity contribution in [2.45, 2.75) is 45.9 Å². The number of thiazole rings is 1. The molecule has 7 heteroatoms. The van der Waals surface area contributed by atoms with Crippen LogP contribution in [-0.2, 0) is 9.59 Å². The highest BCUT2D eigenvalue weighted by molar-refractivity contribution is 8.00. The number of thioether (sulfide) groups is 1. The van der Waals surface area contributed by atoms with Crippen LogP contribution in [0.25, 0.3) is 11.3 Å². The van der Waals surface area contributed by atoms with E-state index < -0.39 is 0 Å². The zero-order valence-corrected chi connectivity index (χ0v) is 20.7. The Labute approximate surface area is 198 Å². The molecule has 0 aliphatic heterocycles. The monoisotopic (exact) mass is 467 g/mol. The van der Waals surface area contributed by atoms with Gasteiger partial charge in [0.15, 0.2) is 5.13 Å². The molecule has 0 atom stereocenters. The van der Waals surface area contributed by atoms with Crippen LogP contribution in [-0.4, -0.2) is 22.6 Å². The van der Waals surface area contributed by atoms with Gasteiger partial charge in [-0.3, -0.25) is 9.59 Å². The maximum absolute atomic E-state index is 12.5. The second-order valence-electron chi connectivity index (χ2n) is 8.94. The summed E-state index contributed by atoms with van der Waals surface area (Å²) >= 11 is 2.90. The van der Waals surface area contributed by atoms with Gasteiger partial charge in [0.1, 0.15) is 0 Å². The Bertz CT molecular complexity index is 1100. The predicted octanol–water partition coefficient (Wildman–Crippen LogP) is 6.53. The highest BCUT2D eigenvalue weighted by atomic mass is 32.2. The minimum Gasteiger partial charge on any atom is -0.326 e. The molecule has 0 saturated heterocycles. The van der Waals surface area contributed by atoms with Crippen LogP contribution in [0.1, 0.15) is 37.6 Å². The molecule has 0 aliphatic carbocycles. The largest absolute Gasteiger partial charge is 0.326 e. The number of aromatic nitrogens is 1. The van der Waals surface area contributed by atoms with E-state index in [4.69, 9.17) is 0 Å². The number of nitrogens with one attached hydrogen (secondary N) is 2. The van der Waals surface area contributed by atoms with Gasteiger partial charge in [0, 0.05) is 27.4 Å². The van der Waals surface area contributed by atoms with Crippen molar-refractivity contribution in [2.24, 2.45) is 5.41 Å². The molecule has 0 unspecified atom stereocenters. The van der Waals surface area contributed by atoms with Gasteiger partial charge in [-0.05, 0) is 37.5 Å². The summed E-state index contributed by atoms with van der Waals surface area (Å²) in [6.45, 7) is 10.2. The number of carbonyl (C=O) groups is 2. The van der Waals surface area contributed by atoms with E-state index in [1.165, 1.54) is 28.7 Å². The number of amides is 2. The summed E-state index contributed by atoms with van der Waals surface area (Å²) in [6, 6.07) is 15.8. The lowest BCUT2D eigenvalue weighted by Gasteiger charge is -2.17. The quantitative estimate of drug-likeness (QED) is 0.387. The number of benzene rings is 2. The highest BCUT2D eigenvalue weighted by Crippen LogP contribution is 2.31. The van der Waals surface area contributed by atoms with Crippen LogP contribution in [0.2, 0.25) is 0 Å². The number of nitrogens with zero attached hydrogens (tertiary/aromatic N) is 1. The zero-order valence-electron chi connectivity index (χ0n) is 19.1. The standard InChI is InChI=1S/C25H29N3O2S2/c1-16-9-11-18(12-10-16)23-17(2)32-24(28-23)27-22(30)15-31-20-8-6-7-19(13-20)26-21(29)14-25(3,4)5/h6-13H,14-15H2,1-5H3,(H,26,29)(H,27,28,30). The van der Waals surface area contributed by atoms with Crippen molar-refractivity contribution in [2.75, 3.05) is 16.4 Å². The van der Waals surface area contributed by atoms with Crippen LogP contribution in [0.5, 0.6) is 0 Å². The molecule has 0 saturated carbocycles. The first-order valence-corrected chi connectivity index (χ1v) is 12.3. The molecule has 3 rings (SSSR count). The van der Waals surface area contributed by atoms with Gasteiger partial charge in [-0.1, -0.05) is 56.7 Å². The Balaban J connectivity index is 1.56. The average Bonchev–Trinajstić information content (AvgIpc) is 3.05. The summed E-state index contributed by atoms with van der Waals surface area (Å²) in [4.78, 5) is 31.2. The van der Waals surface area contributed by atoms with Crippen molar-refractivity contribution in [3.05, 3.63) is 59.0 Å². The Hall–Kier alpha value is -2.64. The average molecular weight is 468 g/mol. The van der Waals surface area contributed by atoms with Crippen LogP contribution in [0.3, 0.4) is 0 Å². The van der Waals surface area contributed by atoms with E-state index in [0.29, 0.717) is 11.6 Å². The normalized spacial score (nSPS) is 11.3. The molecule has 5 nitrogen and oxygen atoms in total. The first-order chi connectivity index (χ1) is 15.1. The van der Waals surface area contributed by atoms with Gasteiger partial charge in [0.2, 0.25) is 11.8 Å². The van der Waals surface area contributed by atoms with E-state index in [9.17, 15) is 9.59 Å². The van der Waals surface area contributed by atoms with Crippen LogP contribution in [0, 0.1) is 19.3 Å². The number of hydrogen-bond donors (Lipinski definition) is 2. The van der Waals surface area contributed by atoms with Gasteiger partial charge in [0.05, 0.1) is 11.4 Å². The SMILES string of the molecule is Cc1ccc(-c2nc(NC(=O)CSc3cccc(NC(=O)CC(C)(C)C)c3)sc2C)cc1. The molecule has 2 N–H and O–H groups in total. The third kappa shape index (κ3) is 7.21. The lowest BCUT2D eigenvalue weighted by molar-refractivity contribution is -0.118. The maximum atomic E-state index is 12.5. The fourth-order valence-electron chi connectivity index (χ4n) is 3.08. The Morgan fingerprint density at radius 3 is 2.41 bits per heavy atom. The van der Waals surface area contributed by atoms with Crippen molar-refractivity contribution in [1.82, 2.24) is 4.98 Å². The first-order valence-electron chi connectivity index (χ1n) is 10.5. The number of rotatable bonds is 7. The molecule has 1 aromatic heterocycles. The van der Waals surface area contributed by atoms with E-state index in [1.807, 2.05) is 64.1 Å². The van der Waals surface area contributed by atoms with Crippen LogP contribution >= 0.6 is 23.1 Å². The van der Waals surface area contributed by atoms with Crippen LogP contribution in [0.4, 0.5) is 10.8 Å². The third-order valence-electron chi connectivity index (χ3n) is 4.55. The smallest absolute Gasteiger partial charge is 0.236 e. The molecular weight excluding hydrogens is 438 g/mol. The van der Waals surface area contributed by atoms with Gasteiger partial charge >= 0.3 is 0 Å². The summed E-state index contributed by atoms with van der Waals surface area (Å²) < 4.78 is 0. The molecule has 0 spiro atoms. The summed E-state index contributed by atoms with van der Waals surface area (Å²) in [5.41, 5.74) is 3.82. The lowest BCUT2D eigenvalue weighted by atomic mass is 9.92. The molecule has 0 radical (unpaired) electrons. The van der Waals surface area contributed by atoms with E-state index in [1.54, 1.807) is 0 Å². The molecule has 3 aromatic rings. The van der Waals surface area contributed by atoms with Gasteiger partial charge in [-0.25, -0.2) is 4.98 Å². The molecule has 2 aromatic carbocycles. The van der Waals surface area contributed by atoms with Crippen LogP contribution in [0.15, 0.2) is 53.4 Å². The van der Waals surface area contributed by atoms with Crippen molar-refractivity contribution in [3.8, 4) is 11.3 Å². The Morgan fingerprint density at radius 1 is 1.00 bits per heavy atom. The molecule has 32 heavy (non-hydrogen) atoms. The third-order valence-corrected chi connectivity index (χ3v) is 6.43. The van der Waals surface area contributed by atoms with Crippen molar-refractivity contribution in [1.29, 1.82) is 0 Å². The summed E-state index contributed by atoms with van der Waals surface area (Å²) in [7, 11) is 0. The lowest BCUT2D eigenvalue weighted by Crippen LogP contribution is -2.19. The summed E-state index contributed by atoms with van der Waals surface area (Å²) in [6.07, 6.45) is 0.449. The molecular formula is C25H29N3O2S2. The van der Waals surface area contributed by atoms with Gasteiger partial charge in [0.25, 0.3) is 0 Å². The minimum atomic E-state index is -0.110. The van der Waals surface area contributed by atoms with Crippen LogP contribution < -0.4 is 10.6 Å². The van der Waals surface area contributed by atoms with E-state index in [-0.39, 0.29) is 23.0 Å². The van der Waals surface area contributed by atoms with E-state index in [0.717, 1.165) is 26.7 Å². The minimum absolute atomic E-state index is 0.0130. The number of anilines is 2. The Kier molecular flexibility index (Phi) is 7.74. The van der Waals surface area contributed by atoms with Gasteiger partial charge in [-0.2, -0.15) is 0 Å². The molecule has 1 heterocycles. The number of carbonyl (C=O) groups excluding carboxylic acids is 2. The van der Waals surface area contributed by atoms with Gasteiger partial charge in [-0.15, -0.1) is 23.1 Å². The Morgan fingerprint density at radius 2 is 1.72 bits per heavy atom. The predicted molar refractivity (Wildman–Crippen MR) is 136 cm³/mol. The van der Waals surface area contributed by atoms with Crippen molar-refractivity contribution in [3.63, 3.8) is 0 Å². The molecule has 2 amide bonds. The molecule has 168 valence electrons. The number of aryl methyl sites for hydroxylation is 2. The fourth-order valence-corrected chi connectivity index (χ4v) is 4.69. The first kappa shape index (κ1) is 24.0. The molecule has 0 fully saturated rings. The molecule has 0 bridgehead atoms. The fraction of sp³-hybridized carbons (Fsp3) is 0.320. The van der Waals surface area contributed by atoms with Crippen molar-refractivity contribution >= 4 is 45.7 Å². The maximum Gasteiger partial charge on any atom is 0.236 e. The summed E-state index contributed by atoms with van der Waals surface area (Å²) in [5.74, 6) is 0.139. The second-order valence-corrected chi connectivity index (χ2v) is 11.2. The number of hydrogen-bond acceptors (Lipinski definition) is 5. The van der Waals surface area contributed by atoms with Gasteiger partial charge < -0.3 is 10.6 Å².